The Bertz CT molecular complexity index is 1150. The van der Waals surface area contributed by atoms with Gasteiger partial charge in [-0.25, -0.2) is 8.78 Å². The van der Waals surface area contributed by atoms with Gasteiger partial charge in [0.25, 0.3) is 0 Å². The van der Waals surface area contributed by atoms with Gasteiger partial charge < -0.3 is 14.2 Å². The van der Waals surface area contributed by atoms with E-state index in [-0.39, 0.29) is 23.1 Å². The fraction of sp³-hybridized carbons (Fsp3) is 0.304. The monoisotopic (exact) mass is 412 g/mol. The van der Waals surface area contributed by atoms with E-state index in [1.165, 1.54) is 35.0 Å². The molecule has 4 rings (SSSR count). The second kappa shape index (κ2) is 8.26. The molecule has 2 aromatic carbocycles. The van der Waals surface area contributed by atoms with Crippen molar-refractivity contribution >= 4 is 22.6 Å². The Hall–Kier alpha value is -3.22. The average molecular weight is 412 g/mol. The molecule has 156 valence electrons. The number of esters is 1. The lowest BCUT2D eigenvalue weighted by Crippen LogP contribution is -2.30. The summed E-state index contributed by atoms with van der Waals surface area (Å²) < 4.78 is 35.8. The lowest BCUT2D eigenvalue weighted by Gasteiger charge is -2.29. The summed E-state index contributed by atoms with van der Waals surface area (Å²) in [4.78, 5) is 26.7. The highest BCUT2D eigenvalue weighted by Crippen LogP contribution is 2.31. The van der Waals surface area contributed by atoms with Gasteiger partial charge in [-0.3, -0.25) is 9.59 Å². The molecule has 5 nitrogen and oxygen atoms in total. The summed E-state index contributed by atoms with van der Waals surface area (Å²) in [5, 5.41) is 0.0963. The summed E-state index contributed by atoms with van der Waals surface area (Å²) in [5.41, 5.74) is 0.390. The Kier molecular flexibility index (Phi) is 5.53. The normalized spacial score (nSPS) is 14.2. The van der Waals surface area contributed by atoms with E-state index in [0.717, 1.165) is 32.4 Å². The van der Waals surface area contributed by atoms with E-state index >= 15 is 4.39 Å². The van der Waals surface area contributed by atoms with Gasteiger partial charge in [0.2, 0.25) is 5.43 Å². The number of nitrogens with zero attached hydrogens (tertiary/aromatic N) is 2. The second-order valence-electron chi connectivity index (χ2n) is 7.34. The number of ether oxygens (including phenoxy) is 1. The molecule has 1 aliphatic heterocycles. The van der Waals surface area contributed by atoms with Crippen LogP contribution in [-0.2, 0) is 4.79 Å². The summed E-state index contributed by atoms with van der Waals surface area (Å²) in [6.07, 6.45) is 4.46. The van der Waals surface area contributed by atoms with E-state index in [2.05, 4.69) is 0 Å². The number of halogens is 2. The molecule has 0 bridgehead atoms. The fourth-order valence-electron chi connectivity index (χ4n) is 3.80. The van der Waals surface area contributed by atoms with E-state index < -0.39 is 23.0 Å². The molecule has 0 atom stereocenters. The molecule has 0 aliphatic carbocycles. The molecule has 1 aromatic heterocycles. The standard InChI is InChI=1S/C23H22F2N2O3/c1-2-20(28)30-19-14-27(16-8-6-15(24)7-9-16)22-17(23(19)29)10-11-18(21(22)25)26-12-4-3-5-13-26/h6-11,14H,2-5,12-13H2,1H3. The Labute approximate surface area is 172 Å². The van der Waals surface area contributed by atoms with Crippen LogP contribution in [0.3, 0.4) is 0 Å². The molecule has 1 fully saturated rings. The average Bonchev–Trinajstić information content (AvgIpc) is 2.77. The van der Waals surface area contributed by atoms with Crippen LogP contribution in [0.5, 0.6) is 5.75 Å². The Balaban J connectivity index is 1.97. The number of benzene rings is 2. The number of pyridine rings is 1. The van der Waals surface area contributed by atoms with Crippen LogP contribution < -0.4 is 15.1 Å². The zero-order valence-electron chi connectivity index (χ0n) is 16.7. The maximum atomic E-state index is 15.7. The van der Waals surface area contributed by atoms with Crippen molar-refractivity contribution in [3.63, 3.8) is 0 Å². The molecule has 7 heteroatoms. The van der Waals surface area contributed by atoms with Crippen LogP contribution >= 0.6 is 0 Å². The molecule has 0 saturated carbocycles. The molecular weight excluding hydrogens is 390 g/mol. The maximum absolute atomic E-state index is 15.7. The first-order valence-electron chi connectivity index (χ1n) is 10.1. The second-order valence-corrected chi connectivity index (χ2v) is 7.34. The van der Waals surface area contributed by atoms with Gasteiger partial charge in [0.05, 0.1) is 22.8 Å². The highest BCUT2D eigenvalue weighted by Gasteiger charge is 2.22. The minimum Gasteiger partial charge on any atom is -0.421 e. The zero-order valence-corrected chi connectivity index (χ0v) is 16.7. The van der Waals surface area contributed by atoms with Crippen molar-refractivity contribution in [2.45, 2.75) is 32.6 Å². The molecule has 0 spiro atoms. The van der Waals surface area contributed by atoms with E-state index in [0.29, 0.717) is 11.4 Å². The van der Waals surface area contributed by atoms with E-state index in [9.17, 15) is 14.0 Å². The molecular formula is C23H22F2N2O3. The van der Waals surface area contributed by atoms with Gasteiger partial charge in [0.15, 0.2) is 11.6 Å². The maximum Gasteiger partial charge on any atom is 0.311 e. The topological polar surface area (TPSA) is 51.5 Å². The largest absolute Gasteiger partial charge is 0.421 e. The van der Waals surface area contributed by atoms with Gasteiger partial charge in [0.1, 0.15) is 5.82 Å². The number of hydrogen-bond acceptors (Lipinski definition) is 4. The molecule has 2 heterocycles. The van der Waals surface area contributed by atoms with Crippen molar-refractivity contribution in [3.05, 3.63) is 64.5 Å². The van der Waals surface area contributed by atoms with Crippen LogP contribution in [-0.4, -0.2) is 23.6 Å². The number of carbonyl (C=O) groups excluding carboxylic acids is 1. The van der Waals surface area contributed by atoms with Crippen molar-refractivity contribution in [1.29, 1.82) is 0 Å². The number of aromatic nitrogens is 1. The first-order chi connectivity index (χ1) is 14.5. The number of carbonyl (C=O) groups is 1. The molecule has 0 unspecified atom stereocenters. The van der Waals surface area contributed by atoms with Crippen molar-refractivity contribution in [1.82, 2.24) is 4.57 Å². The Morgan fingerprint density at radius 1 is 1.03 bits per heavy atom. The minimum atomic E-state index is -0.567. The van der Waals surface area contributed by atoms with Crippen LogP contribution in [0.15, 0.2) is 47.4 Å². The summed E-state index contributed by atoms with van der Waals surface area (Å²) in [5.74, 6) is -1.72. The van der Waals surface area contributed by atoms with Gasteiger partial charge in [0, 0.05) is 25.2 Å². The van der Waals surface area contributed by atoms with Gasteiger partial charge in [-0.2, -0.15) is 0 Å². The van der Waals surface area contributed by atoms with Crippen LogP contribution in [0.1, 0.15) is 32.6 Å². The van der Waals surface area contributed by atoms with Crippen LogP contribution in [0.25, 0.3) is 16.6 Å². The number of anilines is 1. The van der Waals surface area contributed by atoms with Gasteiger partial charge >= 0.3 is 5.97 Å². The smallest absolute Gasteiger partial charge is 0.311 e. The SMILES string of the molecule is CCC(=O)Oc1cn(-c2ccc(F)cc2)c2c(F)c(N3CCCCC3)ccc2c1=O. The van der Waals surface area contributed by atoms with Crippen molar-refractivity contribution < 1.29 is 18.3 Å². The molecule has 3 aromatic rings. The predicted molar refractivity (Wildman–Crippen MR) is 111 cm³/mol. The van der Waals surface area contributed by atoms with Crippen LogP contribution in [0, 0.1) is 11.6 Å². The first kappa shape index (κ1) is 20.1. The number of piperidine rings is 1. The highest BCUT2D eigenvalue weighted by molar-refractivity contribution is 5.87. The molecule has 0 N–H and O–H groups in total. The minimum absolute atomic E-state index is 0.0750. The Morgan fingerprint density at radius 2 is 1.73 bits per heavy atom. The zero-order chi connectivity index (χ0) is 21.3. The van der Waals surface area contributed by atoms with E-state index in [4.69, 9.17) is 4.74 Å². The van der Waals surface area contributed by atoms with Crippen molar-refractivity contribution in [2.75, 3.05) is 18.0 Å². The lowest BCUT2D eigenvalue weighted by atomic mass is 10.1. The van der Waals surface area contributed by atoms with Gasteiger partial charge in [-0.1, -0.05) is 6.92 Å². The van der Waals surface area contributed by atoms with E-state index in [1.54, 1.807) is 19.1 Å². The summed E-state index contributed by atoms with van der Waals surface area (Å²) in [6.45, 7) is 3.11. The molecule has 0 radical (unpaired) electrons. The van der Waals surface area contributed by atoms with Gasteiger partial charge in [-0.05, 0) is 55.7 Å². The Morgan fingerprint density at radius 3 is 2.40 bits per heavy atom. The lowest BCUT2D eigenvalue weighted by molar-refractivity contribution is -0.134. The third kappa shape index (κ3) is 3.67. The summed E-state index contributed by atoms with van der Waals surface area (Å²) in [6, 6.07) is 8.64. The third-order valence-corrected chi connectivity index (χ3v) is 5.37. The molecule has 1 saturated heterocycles. The number of fused-ring (bicyclic) bond motifs is 1. The van der Waals surface area contributed by atoms with Crippen LogP contribution in [0.4, 0.5) is 14.5 Å². The fourth-order valence-corrected chi connectivity index (χ4v) is 3.80. The molecule has 1 aliphatic rings. The first-order valence-corrected chi connectivity index (χ1v) is 10.1. The predicted octanol–water partition coefficient (Wildman–Crippen LogP) is 4.57. The van der Waals surface area contributed by atoms with Crippen molar-refractivity contribution in [3.8, 4) is 11.4 Å². The van der Waals surface area contributed by atoms with Crippen molar-refractivity contribution in [2.24, 2.45) is 0 Å². The third-order valence-electron chi connectivity index (χ3n) is 5.37. The molecule has 0 amide bonds. The van der Waals surface area contributed by atoms with Gasteiger partial charge in [-0.15, -0.1) is 0 Å². The summed E-state index contributed by atoms with van der Waals surface area (Å²) in [7, 11) is 0. The van der Waals surface area contributed by atoms with E-state index in [1.807, 2.05) is 4.90 Å². The number of hydrogen-bond donors (Lipinski definition) is 0. The molecule has 30 heavy (non-hydrogen) atoms. The number of rotatable bonds is 4. The quantitative estimate of drug-likeness (QED) is 0.589. The highest BCUT2D eigenvalue weighted by atomic mass is 19.1. The van der Waals surface area contributed by atoms with Crippen LogP contribution in [0.2, 0.25) is 0 Å². The summed E-state index contributed by atoms with van der Waals surface area (Å²) >= 11 is 0.